The van der Waals surface area contributed by atoms with Crippen LogP contribution in [0.5, 0.6) is 0 Å². The van der Waals surface area contributed by atoms with Crippen molar-refractivity contribution in [1.29, 1.82) is 0 Å². The fourth-order valence-corrected chi connectivity index (χ4v) is 1.96. The minimum absolute atomic E-state index is 0.290. The number of hydrogen-bond acceptors (Lipinski definition) is 5. The summed E-state index contributed by atoms with van der Waals surface area (Å²) in [5.41, 5.74) is 1.22. The Bertz CT molecular complexity index is 482. The summed E-state index contributed by atoms with van der Waals surface area (Å²) >= 11 is 1.19. The first-order valence-electron chi connectivity index (χ1n) is 4.88. The molecule has 0 fully saturated rings. The molecule has 0 aliphatic carbocycles. The highest BCUT2D eigenvalue weighted by molar-refractivity contribution is 7.09. The Kier molecular flexibility index (Phi) is 3.26. The molecule has 0 unspecified atom stereocenters. The maximum Gasteiger partial charge on any atom is 0.360 e. The molecule has 0 N–H and O–H groups in total. The standard InChI is InChI=1S/C11H10N2O2S/c1-2-15-11(14)9-10(16-13-12-9)8-6-4-3-5-7-8/h3-7H,2H2,1H3. The normalized spacial score (nSPS) is 10.1. The summed E-state index contributed by atoms with van der Waals surface area (Å²) < 4.78 is 8.71. The zero-order valence-corrected chi connectivity index (χ0v) is 9.53. The van der Waals surface area contributed by atoms with E-state index in [0.29, 0.717) is 6.61 Å². The summed E-state index contributed by atoms with van der Waals surface area (Å²) in [4.78, 5) is 12.3. The molecule has 1 aromatic heterocycles. The molecule has 1 aromatic carbocycles. The number of esters is 1. The van der Waals surface area contributed by atoms with Gasteiger partial charge in [-0.05, 0) is 24.0 Å². The highest BCUT2D eigenvalue weighted by Gasteiger charge is 2.18. The van der Waals surface area contributed by atoms with Crippen molar-refractivity contribution in [2.45, 2.75) is 6.92 Å². The van der Waals surface area contributed by atoms with Crippen LogP contribution in [0.15, 0.2) is 30.3 Å². The largest absolute Gasteiger partial charge is 0.461 e. The minimum Gasteiger partial charge on any atom is -0.461 e. The first kappa shape index (κ1) is 10.8. The van der Waals surface area contributed by atoms with Gasteiger partial charge >= 0.3 is 5.97 Å². The highest BCUT2D eigenvalue weighted by atomic mass is 32.1. The van der Waals surface area contributed by atoms with Crippen molar-refractivity contribution in [2.24, 2.45) is 0 Å². The number of carbonyl (C=O) groups is 1. The van der Waals surface area contributed by atoms with E-state index in [2.05, 4.69) is 9.59 Å². The van der Waals surface area contributed by atoms with Gasteiger partial charge in [-0.2, -0.15) is 0 Å². The Balaban J connectivity index is 2.37. The first-order valence-corrected chi connectivity index (χ1v) is 5.65. The van der Waals surface area contributed by atoms with Gasteiger partial charge in [-0.15, -0.1) is 5.10 Å². The Morgan fingerprint density at radius 2 is 2.12 bits per heavy atom. The van der Waals surface area contributed by atoms with Crippen LogP contribution in [0.2, 0.25) is 0 Å². The second-order valence-electron chi connectivity index (χ2n) is 3.04. The zero-order chi connectivity index (χ0) is 11.4. The van der Waals surface area contributed by atoms with E-state index in [-0.39, 0.29) is 5.69 Å². The van der Waals surface area contributed by atoms with E-state index in [1.807, 2.05) is 30.3 Å². The van der Waals surface area contributed by atoms with Crippen molar-refractivity contribution in [3.63, 3.8) is 0 Å². The van der Waals surface area contributed by atoms with Crippen LogP contribution < -0.4 is 0 Å². The lowest BCUT2D eigenvalue weighted by atomic mass is 10.1. The number of aromatic nitrogens is 2. The second kappa shape index (κ2) is 4.85. The number of nitrogens with zero attached hydrogens (tertiary/aromatic N) is 2. The Morgan fingerprint density at radius 3 is 2.81 bits per heavy atom. The molecule has 1 heterocycles. The molecule has 5 heteroatoms. The van der Waals surface area contributed by atoms with Crippen molar-refractivity contribution < 1.29 is 9.53 Å². The molecule has 2 rings (SSSR count). The molecule has 0 radical (unpaired) electrons. The number of rotatable bonds is 3. The van der Waals surface area contributed by atoms with Crippen LogP contribution in [0.3, 0.4) is 0 Å². The van der Waals surface area contributed by atoms with E-state index < -0.39 is 5.97 Å². The maximum atomic E-state index is 11.6. The van der Waals surface area contributed by atoms with E-state index in [0.717, 1.165) is 10.4 Å². The summed E-state index contributed by atoms with van der Waals surface area (Å²) in [5.74, 6) is -0.421. The molecule has 82 valence electrons. The van der Waals surface area contributed by atoms with Crippen LogP contribution in [0.4, 0.5) is 0 Å². The Labute approximate surface area is 97.0 Å². The number of carbonyl (C=O) groups excluding carboxylic acids is 1. The maximum absolute atomic E-state index is 11.6. The van der Waals surface area contributed by atoms with Crippen LogP contribution in [-0.4, -0.2) is 22.2 Å². The quantitative estimate of drug-likeness (QED) is 0.765. The Morgan fingerprint density at radius 1 is 1.38 bits per heavy atom. The summed E-state index contributed by atoms with van der Waals surface area (Å²) in [7, 11) is 0. The van der Waals surface area contributed by atoms with Crippen molar-refractivity contribution >= 4 is 17.5 Å². The second-order valence-corrected chi connectivity index (χ2v) is 3.79. The van der Waals surface area contributed by atoms with E-state index in [9.17, 15) is 4.79 Å². The molecule has 16 heavy (non-hydrogen) atoms. The van der Waals surface area contributed by atoms with Crippen molar-refractivity contribution in [3.05, 3.63) is 36.0 Å². The third-order valence-corrected chi connectivity index (χ3v) is 2.77. The lowest BCUT2D eigenvalue weighted by Crippen LogP contribution is -2.06. The molecular weight excluding hydrogens is 224 g/mol. The molecular formula is C11H10N2O2S. The van der Waals surface area contributed by atoms with E-state index in [1.54, 1.807) is 6.92 Å². The van der Waals surface area contributed by atoms with Crippen LogP contribution >= 0.6 is 11.5 Å². The third kappa shape index (κ3) is 2.09. The van der Waals surface area contributed by atoms with Crippen LogP contribution in [-0.2, 0) is 4.74 Å². The molecule has 0 spiro atoms. The molecule has 2 aromatic rings. The molecule has 0 aliphatic rings. The fraction of sp³-hybridized carbons (Fsp3) is 0.182. The lowest BCUT2D eigenvalue weighted by molar-refractivity contribution is 0.0520. The van der Waals surface area contributed by atoms with Gasteiger partial charge in [0.2, 0.25) is 0 Å². The molecule has 0 atom stereocenters. The number of ether oxygens (including phenoxy) is 1. The average Bonchev–Trinajstić information content (AvgIpc) is 2.79. The summed E-state index contributed by atoms with van der Waals surface area (Å²) in [6, 6.07) is 9.56. The number of benzene rings is 1. The molecule has 0 aliphatic heterocycles. The van der Waals surface area contributed by atoms with Crippen LogP contribution in [0, 0.1) is 0 Å². The Hall–Kier alpha value is -1.75. The highest BCUT2D eigenvalue weighted by Crippen LogP contribution is 2.26. The van der Waals surface area contributed by atoms with E-state index in [1.165, 1.54) is 11.5 Å². The van der Waals surface area contributed by atoms with Gasteiger partial charge in [-0.3, -0.25) is 0 Å². The molecule has 0 amide bonds. The van der Waals surface area contributed by atoms with Gasteiger partial charge < -0.3 is 4.74 Å². The van der Waals surface area contributed by atoms with Gasteiger partial charge in [0.25, 0.3) is 0 Å². The summed E-state index contributed by atoms with van der Waals surface area (Å²) in [6.07, 6.45) is 0. The van der Waals surface area contributed by atoms with Gasteiger partial charge in [0.05, 0.1) is 11.5 Å². The third-order valence-electron chi connectivity index (χ3n) is 1.99. The predicted molar refractivity (Wildman–Crippen MR) is 61.3 cm³/mol. The molecule has 4 nitrogen and oxygen atoms in total. The minimum atomic E-state index is -0.421. The van der Waals surface area contributed by atoms with E-state index in [4.69, 9.17) is 4.74 Å². The van der Waals surface area contributed by atoms with Gasteiger partial charge in [0, 0.05) is 0 Å². The molecule has 0 bridgehead atoms. The number of hydrogen-bond donors (Lipinski definition) is 0. The monoisotopic (exact) mass is 234 g/mol. The molecule has 0 saturated heterocycles. The van der Waals surface area contributed by atoms with Gasteiger partial charge in [0.1, 0.15) is 0 Å². The summed E-state index contributed by atoms with van der Waals surface area (Å²) in [6.45, 7) is 2.10. The topological polar surface area (TPSA) is 52.1 Å². The van der Waals surface area contributed by atoms with Crippen molar-refractivity contribution in [2.75, 3.05) is 6.61 Å². The first-order chi connectivity index (χ1) is 7.83. The SMILES string of the molecule is CCOC(=O)c1nnsc1-c1ccccc1. The van der Waals surface area contributed by atoms with Gasteiger partial charge in [0.15, 0.2) is 5.69 Å². The molecule has 0 saturated carbocycles. The van der Waals surface area contributed by atoms with Crippen LogP contribution in [0.25, 0.3) is 10.4 Å². The van der Waals surface area contributed by atoms with Crippen molar-refractivity contribution in [3.8, 4) is 10.4 Å². The van der Waals surface area contributed by atoms with Gasteiger partial charge in [-0.1, -0.05) is 34.8 Å². The average molecular weight is 234 g/mol. The van der Waals surface area contributed by atoms with Crippen molar-refractivity contribution in [1.82, 2.24) is 9.59 Å². The summed E-state index contributed by atoms with van der Waals surface area (Å²) in [5, 5.41) is 3.81. The van der Waals surface area contributed by atoms with Crippen LogP contribution in [0.1, 0.15) is 17.4 Å². The van der Waals surface area contributed by atoms with Gasteiger partial charge in [-0.25, -0.2) is 4.79 Å². The predicted octanol–water partition coefficient (Wildman–Crippen LogP) is 2.38. The zero-order valence-electron chi connectivity index (χ0n) is 8.71. The smallest absolute Gasteiger partial charge is 0.360 e. The lowest BCUT2D eigenvalue weighted by Gasteiger charge is -2.00. The van der Waals surface area contributed by atoms with E-state index >= 15 is 0 Å². The fourth-order valence-electron chi connectivity index (χ4n) is 1.30.